The predicted octanol–water partition coefficient (Wildman–Crippen LogP) is 6.63. The van der Waals surface area contributed by atoms with E-state index in [1.807, 2.05) is 24.3 Å². The second-order valence-corrected chi connectivity index (χ2v) is 9.12. The van der Waals surface area contributed by atoms with Crippen molar-refractivity contribution in [2.45, 2.75) is 53.4 Å². The Morgan fingerprint density at radius 3 is 1.41 bits per heavy atom. The average molecular weight is 420 g/mol. The molecule has 0 fully saturated rings. The summed E-state index contributed by atoms with van der Waals surface area (Å²) in [6.45, 7) is 11.5. The molecule has 6 nitrogen and oxygen atoms in total. The third-order valence-corrected chi connectivity index (χ3v) is 5.34. The number of phosphoric ester groups is 1. The van der Waals surface area contributed by atoms with Gasteiger partial charge in [-0.15, -0.1) is 0 Å². The van der Waals surface area contributed by atoms with Crippen molar-refractivity contribution in [3.8, 4) is 11.5 Å². The molecule has 29 heavy (non-hydrogen) atoms. The topological polar surface area (TPSA) is 71.1 Å². The molecule has 7 heteroatoms. The Balaban J connectivity index is 2.22. The number of hydrogen-bond donors (Lipinski definition) is 0. The summed E-state index contributed by atoms with van der Waals surface area (Å²) < 4.78 is 29.0. The quantitative estimate of drug-likeness (QED) is 0.258. The van der Waals surface area contributed by atoms with Gasteiger partial charge >= 0.3 is 13.8 Å². The van der Waals surface area contributed by atoms with Crippen LogP contribution in [0.25, 0.3) is 0 Å². The largest absolute Gasteiger partial charge is 0.625 e. The van der Waals surface area contributed by atoms with Crippen LogP contribution >= 0.6 is 7.82 Å². The fourth-order valence-corrected chi connectivity index (χ4v) is 3.34. The van der Waals surface area contributed by atoms with Crippen LogP contribution in [0.4, 0.5) is 0 Å². The summed E-state index contributed by atoms with van der Waals surface area (Å²) in [6.07, 6.45) is 0. The highest BCUT2D eigenvalue weighted by Crippen LogP contribution is 2.50. The summed E-state index contributed by atoms with van der Waals surface area (Å²) in [5.74, 6) is 0.0979. The standard InChI is InChI=1S/C22H29O6P/c1-15(2)18-7-11-20(12-8-18)26-29(24,28-25-22(23)17(5)6)27-21-13-9-19(10-14-21)16(3)4/h7-17H,1-6H3. The van der Waals surface area contributed by atoms with E-state index in [-0.39, 0.29) is 11.5 Å². The molecule has 0 atom stereocenters. The first-order valence-corrected chi connectivity index (χ1v) is 11.1. The molecule has 0 aliphatic carbocycles. The minimum Gasteiger partial charge on any atom is -0.393 e. The Hall–Kier alpha value is -2.30. The van der Waals surface area contributed by atoms with E-state index in [4.69, 9.17) is 13.7 Å². The molecule has 0 spiro atoms. The Labute approximate surface area is 172 Å². The average Bonchev–Trinajstić information content (AvgIpc) is 2.66. The van der Waals surface area contributed by atoms with Crippen molar-refractivity contribution in [3.05, 3.63) is 59.7 Å². The first-order chi connectivity index (χ1) is 13.6. The molecule has 0 bridgehead atoms. The molecular formula is C22H29O6P. The Kier molecular flexibility index (Phi) is 7.88. The van der Waals surface area contributed by atoms with E-state index in [1.54, 1.807) is 38.1 Å². The lowest BCUT2D eigenvalue weighted by atomic mass is 10.0. The second kappa shape index (κ2) is 9.95. The molecular weight excluding hydrogens is 391 g/mol. The smallest absolute Gasteiger partial charge is 0.393 e. The van der Waals surface area contributed by atoms with Gasteiger partial charge in [-0.3, -0.25) is 4.89 Å². The van der Waals surface area contributed by atoms with Gasteiger partial charge in [0.2, 0.25) is 0 Å². The van der Waals surface area contributed by atoms with E-state index in [0.29, 0.717) is 11.8 Å². The molecule has 158 valence electrons. The molecule has 2 rings (SSSR count). The van der Waals surface area contributed by atoms with Crippen molar-refractivity contribution < 1.29 is 28.0 Å². The molecule has 0 heterocycles. The lowest BCUT2D eigenvalue weighted by molar-refractivity contribution is -0.224. The van der Waals surface area contributed by atoms with Crippen LogP contribution in [-0.4, -0.2) is 5.97 Å². The highest BCUT2D eigenvalue weighted by Gasteiger charge is 2.35. The molecule has 0 radical (unpaired) electrons. The van der Waals surface area contributed by atoms with Crippen LogP contribution in [0.1, 0.15) is 64.5 Å². The fraction of sp³-hybridized carbons (Fsp3) is 0.409. The van der Waals surface area contributed by atoms with Crippen LogP contribution in [0.2, 0.25) is 0 Å². The number of phosphoric acid groups is 1. The summed E-state index contributed by atoms with van der Waals surface area (Å²) in [5, 5.41) is 0. The summed E-state index contributed by atoms with van der Waals surface area (Å²) >= 11 is 0. The molecule has 2 aromatic rings. The maximum Gasteiger partial charge on any atom is 0.625 e. The lowest BCUT2D eigenvalue weighted by Crippen LogP contribution is -2.14. The van der Waals surface area contributed by atoms with E-state index in [9.17, 15) is 9.36 Å². The van der Waals surface area contributed by atoms with E-state index in [0.717, 1.165) is 11.1 Å². The van der Waals surface area contributed by atoms with Crippen molar-refractivity contribution in [1.82, 2.24) is 0 Å². The van der Waals surface area contributed by atoms with Crippen molar-refractivity contribution in [3.63, 3.8) is 0 Å². The summed E-state index contributed by atoms with van der Waals surface area (Å²) in [6, 6.07) is 14.1. The Bertz CT molecular complexity index is 783. The van der Waals surface area contributed by atoms with Gasteiger partial charge in [-0.25, -0.2) is 9.36 Å². The highest BCUT2D eigenvalue weighted by molar-refractivity contribution is 7.49. The zero-order valence-corrected chi connectivity index (χ0v) is 18.6. The molecule has 0 saturated heterocycles. The van der Waals surface area contributed by atoms with E-state index in [2.05, 4.69) is 32.6 Å². The van der Waals surface area contributed by atoms with Gasteiger partial charge in [-0.1, -0.05) is 70.5 Å². The second-order valence-electron chi connectivity index (χ2n) is 7.71. The minimum atomic E-state index is -4.28. The summed E-state index contributed by atoms with van der Waals surface area (Å²) in [5.41, 5.74) is 2.20. The summed E-state index contributed by atoms with van der Waals surface area (Å²) in [4.78, 5) is 16.4. The van der Waals surface area contributed by atoms with Crippen LogP contribution in [0.15, 0.2) is 48.5 Å². The third kappa shape index (κ3) is 6.91. The number of benzene rings is 2. The van der Waals surface area contributed by atoms with Crippen molar-refractivity contribution in [1.29, 1.82) is 0 Å². The van der Waals surface area contributed by atoms with Crippen LogP contribution in [0, 0.1) is 5.92 Å². The number of hydrogen-bond acceptors (Lipinski definition) is 6. The lowest BCUT2D eigenvalue weighted by Gasteiger charge is -2.18. The van der Waals surface area contributed by atoms with E-state index < -0.39 is 19.7 Å². The third-order valence-electron chi connectivity index (χ3n) is 4.21. The molecule has 0 amide bonds. The van der Waals surface area contributed by atoms with E-state index in [1.165, 1.54) is 0 Å². The van der Waals surface area contributed by atoms with Crippen LogP contribution in [0.5, 0.6) is 11.5 Å². The number of rotatable bonds is 9. The van der Waals surface area contributed by atoms with Gasteiger partial charge in [0.1, 0.15) is 11.5 Å². The van der Waals surface area contributed by atoms with Gasteiger partial charge in [-0.05, 0) is 47.2 Å². The fourth-order valence-electron chi connectivity index (χ4n) is 2.31. The van der Waals surface area contributed by atoms with Gasteiger partial charge in [0.15, 0.2) is 0 Å². The number of carbonyl (C=O) groups excluding carboxylic acids is 1. The zero-order valence-electron chi connectivity index (χ0n) is 17.7. The summed E-state index contributed by atoms with van der Waals surface area (Å²) in [7, 11) is -4.28. The SMILES string of the molecule is CC(C)C(=O)OOP(=O)(Oc1ccc(C(C)C)cc1)Oc1ccc(C(C)C)cc1. The zero-order chi connectivity index (χ0) is 21.6. The van der Waals surface area contributed by atoms with Crippen molar-refractivity contribution >= 4 is 13.8 Å². The normalized spacial score (nSPS) is 11.8. The van der Waals surface area contributed by atoms with Gasteiger partial charge in [0, 0.05) is 0 Å². The van der Waals surface area contributed by atoms with Gasteiger partial charge in [-0.2, -0.15) is 0 Å². The van der Waals surface area contributed by atoms with Crippen LogP contribution in [-0.2, 0) is 18.9 Å². The first-order valence-electron chi connectivity index (χ1n) is 9.69. The van der Waals surface area contributed by atoms with Crippen LogP contribution in [0.3, 0.4) is 0 Å². The first kappa shape index (κ1) is 23.0. The van der Waals surface area contributed by atoms with Crippen molar-refractivity contribution in [2.75, 3.05) is 0 Å². The van der Waals surface area contributed by atoms with Gasteiger partial charge in [0.05, 0.1) is 5.92 Å². The molecule has 0 aliphatic rings. The van der Waals surface area contributed by atoms with Crippen molar-refractivity contribution in [2.24, 2.45) is 5.92 Å². The maximum absolute atomic E-state index is 13.2. The molecule has 0 unspecified atom stereocenters. The molecule has 0 N–H and O–H groups in total. The number of carbonyl (C=O) groups is 1. The highest BCUT2D eigenvalue weighted by atomic mass is 31.2. The monoisotopic (exact) mass is 420 g/mol. The predicted molar refractivity (Wildman–Crippen MR) is 112 cm³/mol. The Morgan fingerprint density at radius 1 is 0.724 bits per heavy atom. The van der Waals surface area contributed by atoms with E-state index >= 15 is 0 Å². The maximum atomic E-state index is 13.2. The Morgan fingerprint density at radius 2 is 1.10 bits per heavy atom. The van der Waals surface area contributed by atoms with Gasteiger partial charge in [0.25, 0.3) is 0 Å². The van der Waals surface area contributed by atoms with Crippen LogP contribution < -0.4 is 9.05 Å². The molecule has 0 aromatic heterocycles. The molecule has 0 saturated carbocycles. The van der Waals surface area contributed by atoms with Gasteiger partial charge < -0.3 is 9.05 Å². The molecule has 0 aliphatic heterocycles. The minimum absolute atomic E-state index is 0.275. The molecule has 2 aromatic carbocycles.